The molecule has 9 nitrogen and oxygen atoms in total. The van der Waals surface area contributed by atoms with Crippen LogP contribution in [0.5, 0.6) is 0 Å². The highest BCUT2D eigenvalue weighted by Gasteiger charge is 2.56. The van der Waals surface area contributed by atoms with E-state index in [1.807, 2.05) is 0 Å². The Balaban J connectivity index is 1.60. The molecule has 9 heteroatoms. The van der Waals surface area contributed by atoms with Gasteiger partial charge in [0.05, 0.1) is 33.1 Å². The Morgan fingerprint density at radius 1 is 1.58 bits per heavy atom. The Morgan fingerprint density at radius 2 is 2.42 bits per heavy atom. The zero-order valence-corrected chi connectivity index (χ0v) is 13.6. The molecule has 2 aromatic rings. The van der Waals surface area contributed by atoms with Crippen LogP contribution in [-0.4, -0.2) is 64.0 Å². The number of carbonyl (C=O) groups is 1. The second-order valence-electron chi connectivity index (χ2n) is 6.55. The van der Waals surface area contributed by atoms with Crippen molar-refractivity contribution in [2.75, 3.05) is 33.4 Å². The fraction of sp³-hybridized carbons (Fsp3) is 0.600. The number of nitrogens with zero attached hydrogens (tertiary/aromatic N) is 4. The molecule has 0 unspecified atom stereocenters. The molecule has 2 atom stereocenters. The fourth-order valence-corrected chi connectivity index (χ4v) is 3.82. The summed E-state index contributed by atoms with van der Waals surface area (Å²) in [6.07, 6.45) is 1.51. The van der Waals surface area contributed by atoms with Crippen molar-refractivity contribution in [3.63, 3.8) is 0 Å². The van der Waals surface area contributed by atoms with E-state index in [9.17, 15) is 9.59 Å². The predicted molar refractivity (Wildman–Crippen MR) is 83.2 cm³/mol. The number of rotatable bonds is 3. The van der Waals surface area contributed by atoms with E-state index in [1.165, 1.54) is 13.3 Å². The van der Waals surface area contributed by atoms with Gasteiger partial charge in [0.25, 0.3) is 5.56 Å². The van der Waals surface area contributed by atoms with Crippen LogP contribution in [0.3, 0.4) is 0 Å². The topological polar surface area (TPSA) is 102 Å². The molecule has 2 fully saturated rings. The molecule has 0 radical (unpaired) electrons. The van der Waals surface area contributed by atoms with Crippen LogP contribution in [0.25, 0.3) is 11.0 Å². The van der Waals surface area contributed by atoms with Gasteiger partial charge in [0.15, 0.2) is 5.65 Å². The first-order chi connectivity index (χ1) is 11.5. The number of carbonyl (C=O) groups excluding carboxylic acids is 1. The Kier molecular flexibility index (Phi) is 3.43. The minimum Gasteiger partial charge on any atom is -0.468 e. The van der Waals surface area contributed by atoms with Gasteiger partial charge >= 0.3 is 5.97 Å². The second kappa shape index (κ2) is 5.38. The number of fused-ring (bicyclic) bond motifs is 2. The number of hydrogen-bond acceptors (Lipinski definition) is 7. The maximum atomic E-state index is 12.2. The molecule has 2 aliphatic rings. The molecular weight excluding hydrogens is 314 g/mol. The minimum atomic E-state index is -0.605. The molecule has 2 aromatic heterocycles. The van der Waals surface area contributed by atoms with Crippen molar-refractivity contribution in [2.24, 2.45) is 18.4 Å². The first-order valence-corrected chi connectivity index (χ1v) is 7.83. The van der Waals surface area contributed by atoms with Crippen LogP contribution in [0.1, 0.15) is 5.82 Å². The summed E-state index contributed by atoms with van der Waals surface area (Å²) < 4.78 is 12.1. The van der Waals surface area contributed by atoms with E-state index in [2.05, 4.69) is 20.0 Å². The van der Waals surface area contributed by atoms with Gasteiger partial charge in [0.2, 0.25) is 0 Å². The van der Waals surface area contributed by atoms with E-state index in [-0.39, 0.29) is 17.4 Å². The Labute approximate surface area is 137 Å². The molecule has 0 aromatic carbocycles. The number of aromatic amines is 1. The number of methoxy groups -OCH3 is 1. The van der Waals surface area contributed by atoms with Crippen molar-refractivity contribution in [2.45, 2.75) is 6.54 Å². The van der Waals surface area contributed by atoms with Crippen molar-refractivity contribution in [3.8, 4) is 0 Å². The van der Waals surface area contributed by atoms with Gasteiger partial charge in [-0.25, -0.2) is 4.98 Å². The van der Waals surface area contributed by atoms with Crippen molar-refractivity contribution in [3.05, 3.63) is 22.4 Å². The highest BCUT2D eigenvalue weighted by Crippen LogP contribution is 2.42. The number of nitrogens with one attached hydrogen (secondary N) is 1. The van der Waals surface area contributed by atoms with Gasteiger partial charge in [0, 0.05) is 26.1 Å². The third kappa shape index (κ3) is 2.15. The van der Waals surface area contributed by atoms with Gasteiger partial charge in [-0.3, -0.25) is 19.2 Å². The molecule has 0 saturated carbocycles. The van der Waals surface area contributed by atoms with E-state index in [0.717, 1.165) is 0 Å². The minimum absolute atomic E-state index is 0.108. The van der Waals surface area contributed by atoms with Crippen LogP contribution >= 0.6 is 0 Å². The molecule has 1 N–H and O–H groups in total. The molecule has 128 valence electrons. The summed E-state index contributed by atoms with van der Waals surface area (Å²) in [5.74, 6) is 0.449. The number of hydrogen-bond donors (Lipinski definition) is 1. The maximum absolute atomic E-state index is 12.2. The largest absolute Gasteiger partial charge is 0.468 e. The van der Waals surface area contributed by atoms with E-state index < -0.39 is 5.41 Å². The summed E-state index contributed by atoms with van der Waals surface area (Å²) in [5, 5.41) is 4.54. The van der Waals surface area contributed by atoms with Gasteiger partial charge in [-0.2, -0.15) is 5.10 Å². The Bertz CT molecular complexity index is 859. The number of aryl methyl sites for hydroxylation is 1. The average Bonchev–Trinajstić information content (AvgIpc) is 3.20. The molecule has 24 heavy (non-hydrogen) atoms. The molecule has 2 saturated heterocycles. The lowest BCUT2D eigenvalue weighted by Gasteiger charge is -2.23. The highest BCUT2D eigenvalue weighted by atomic mass is 16.5. The van der Waals surface area contributed by atoms with E-state index in [0.29, 0.717) is 49.7 Å². The van der Waals surface area contributed by atoms with E-state index in [4.69, 9.17) is 9.47 Å². The normalized spacial score (nSPS) is 26.8. The smallest absolute Gasteiger partial charge is 0.315 e. The quantitative estimate of drug-likeness (QED) is 0.739. The first-order valence-electron chi connectivity index (χ1n) is 7.83. The second-order valence-corrected chi connectivity index (χ2v) is 6.55. The van der Waals surface area contributed by atoms with Gasteiger partial charge in [0.1, 0.15) is 16.6 Å². The van der Waals surface area contributed by atoms with Crippen molar-refractivity contribution in [1.29, 1.82) is 0 Å². The third-order valence-corrected chi connectivity index (χ3v) is 5.06. The zero-order valence-electron chi connectivity index (χ0n) is 13.6. The van der Waals surface area contributed by atoms with Crippen LogP contribution in [0.2, 0.25) is 0 Å². The molecule has 4 heterocycles. The van der Waals surface area contributed by atoms with Crippen LogP contribution in [-0.2, 0) is 27.9 Å². The molecule has 0 bridgehead atoms. The van der Waals surface area contributed by atoms with Crippen LogP contribution in [0.15, 0.2) is 11.0 Å². The van der Waals surface area contributed by atoms with Crippen LogP contribution < -0.4 is 5.56 Å². The average molecular weight is 333 g/mol. The van der Waals surface area contributed by atoms with E-state index >= 15 is 0 Å². The van der Waals surface area contributed by atoms with Crippen molar-refractivity contribution >= 4 is 17.0 Å². The summed E-state index contributed by atoms with van der Waals surface area (Å²) in [7, 11) is 3.16. The monoisotopic (exact) mass is 333 g/mol. The standard InChI is InChI=1S/C15H19N5O4/c1-19-12-10(3-16-19)13(21)18-11(17-12)5-20-4-9-6-24-8-15(9,7-20)14(22)23-2/h3,9H,4-8H2,1-2H3,(H,17,18,21)/t9-,15-/m0/s1. The summed E-state index contributed by atoms with van der Waals surface area (Å²) in [6.45, 7) is 2.65. The van der Waals surface area contributed by atoms with Gasteiger partial charge < -0.3 is 14.5 Å². The van der Waals surface area contributed by atoms with Crippen molar-refractivity contribution < 1.29 is 14.3 Å². The Hall–Kier alpha value is -2.26. The lowest BCUT2D eigenvalue weighted by atomic mass is 9.81. The fourth-order valence-electron chi connectivity index (χ4n) is 3.82. The van der Waals surface area contributed by atoms with Gasteiger partial charge in [-0.1, -0.05) is 0 Å². The lowest BCUT2D eigenvalue weighted by molar-refractivity contribution is -0.153. The molecule has 2 aliphatic heterocycles. The third-order valence-electron chi connectivity index (χ3n) is 5.06. The van der Waals surface area contributed by atoms with Crippen LogP contribution in [0.4, 0.5) is 0 Å². The lowest BCUT2D eigenvalue weighted by Crippen LogP contribution is -2.40. The van der Waals surface area contributed by atoms with Gasteiger partial charge in [-0.15, -0.1) is 0 Å². The molecule has 0 aliphatic carbocycles. The van der Waals surface area contributed by atoms with Crippen molar-refractivity contribution in [1.82, 2.24) is 24.6 Å². The zero-order chi connectivity index (χ0) is 16.9. The predicted octanol–water partition coefficient (Wildman–Crippen LogP) is -0.722. The maximum Gasteiger partial charge on any atom is 0.315 e. The number of aromatic nitrogens is 4. The molecular formula is C15H19N5O4. The summed E-state index contributed by atoms with van der Waals surface area (Å²) in [6, 6.07) is 0. The van der Waals surface area contributed by atoms with Crippen LogP contribution in [0, 0.1) is 11.3 Å². The molecule has 0 amide bonds. The molecule has 0 spiro atoms. The SMILES string of the molecule is COC(=O)[C@@]12COC[C@@H]1CN(Cc1nc3c(cnn3C)c(=O)[nH]1)C2. The summed E-state index contributed by atoms with van der Waals surface area (Å²) >= 11 is 0. The van der Waals surface area contributed by atoms with E-state index in [1.54, 1.807) is 11.7 Å². The number of H-pyrrole nitrogens is 1. The number of likely N-dealkylation sites (tertiary alicyclic amines) is 1. The number of ether oxygens (including phenoxy) is 2. The number of esters is 1. The first kappa shape index (κ1) is 15.3. The van der Waals surface area contributed by atoms with Gasteiger partial charge in [-0.05, 0) is 0 Å². The summed E-state index contributed by atoms with van der Waals surface area (Å²) in [5.41, 5.74) is -0.251. The highest BCUT2D eigenvalue weighted by molar-refractivity contribution is 5.78. The molecule has 4 rings (SSSR count). The Morgan fingerprint density at radius 3 is 3.21 bits per heavy atom. The summed E-state index contributed by atoms with van der Waals surface area (Å²) in [4.78, 5) is 33.8.